The Hall–Kier alpha value is -3.95. The summed E-state index contributed by atoms with van der Waals surface area (Å²) in [6, 6.07) is 41.5. The van der Waals surface area contributed by atoms with Crippen LogP contribution in [0.25, 0.3) is 44.5 Å². The quantitative estimate of drug-likeness (QED) is 0.217. The largest absolute Gasteiger partial charge is 0.465 e. The first-order valence-corrected chi connectivity index (χ1v) is 12.2. The average molecular weight is 519 g/mol. The fraction of sp³-hybridized carbons (Fsp3) is 0.0312. The molecule has 0 aliphatic carbocycles. The lowest BCUT2D eigenvalue weighted by atomic mass is 9.91. The molecule has 35 heavy (non-hydrogen) atoms. The van der Waals surface area contributed by atoms with Crippen LogP contribution in [-0.2, 0) is 4.74 Å². The molecule has 3 heteroatoms. The SMILES string of the molecule is COC(=O)c1cc(Br)ccc1-c1cc(-c2ccccc2)cc(-c2ccc(-c3ccccc3)cc2)c1. The van der Waals surface area contributed by atoms with E-state index in [1.807, 2.05) is 42.5 Å². The van der Waals surface area contributed by atoms with E-state index >= 15 is 0 Å². The van der Waals surface area contributed by atoms with Crippen LogP contribution < -0.4 is 0 Å². The Labute approximate surface area is 214 Å². The van der Waals surface area contributed by atoms with Gasteiger partial charge < -0.3 is 4.74 Å². The van der Waals surface area contributed by atoms with E-state index in [9.17, 15) is 4.79 Å². The highest BCUT2D eigenvalue weighted by Crippen LogP contribution is 2.36. The van der Waals surface area contributed by atoms with Crippen LogP contribution >= 0.6 is 15.9 Å². The highest BCUT2D eigenvalue weighted by Gasteiger charge is 2.16. The number of benzene rings is 5. The second-order valence-electron chi connectivity index (χ2n) is 8.29. The van der Waals surface area contributed by atoms with Gasteiger partial charge in [0.15, 0.2) is 0 Å². The third-order valence-corrected chi connectivity index (χ3v) is 6.56. The van der Waals surface area contributed by atoms with Gasteiger partial charge in [-0.3, -0.25) is 0 Å². The van der Waals surface area contributed by atoms with Crippen molar-refractivity contribution in [1.29, 1.82) is 0 Å². The summed E-state index contributed by atoms with van der Waals surface area (Å²) < 4.78 is 5.91. The highest BCUT2D eigenvalue weighted by molar-refractivity contribution is 9.10. The number of hydrogen-bond acceptors (Lipinski definition) is 2. The molecule has 5 rings (SSSR count). The van der Waals surface area contributed by atoms with Crippen molar-refractivity contribution in [2.24, 2.45) is 0 Å². The molecule has 0 saturated heterocycles. The molecule has 0 unspecified atom stereocenters. The van der Waals surface area contributed by atoms with Crippen LogP contribution in [-0.4, -0.2) is 13.1 Å². The standard InChI is InChI=1S/C32H23BrO2/c1-35-32(34)31-21-29(33)16-17-30(31)28-19-26(23-10-6-3-7-11-23)18-27(20-28)25-14-12-24(13-15-25)22-8-4-2-5-9-22/h2-21H,1H3. The van der Waals surface area contributed by atoms with Crippen molar-refractivity contribution < 1.29 is 9.53 Å². The average Bonchev–Trinajstić information content (AvgIpc) is 2.93. The number of hydrogen-bond donors (Lipinski definition) is 0. The molecule has 0 atom stereocenters. The minimum Gasteiger partial charge on any atom is -0.465 e. The van der Waals surface area contributed by atoms with Crippen molar-refractivity contribution in [2.75, 3.05) is 7.11 Å². The zero-order valence-electron chi connectivity index (χ0n) is 19.2. The Kier molecular flexibility index (Phi) is 6.60. The number of carbonyl (C=O) groups excluding carboxylic acids is 1. The smallest absolute Gasteiger partial charge is 0.338 e. The van der Waals surface area contributed by atoms with Gasteiger partial charge in [-0.1, -0.05) is 107 Å². The van der Waals surface area contributed by atoms with Crippen molar-refractivity contribution in [3.63, 3.8) is 0 Å². The fourth-order valence-electron chi connectivity index (χ4n) is 4.28. The molecule has 2 nitrogen and oxygen atoms in total. The van der Waals surface area contributed by atoms with E-state index in [-0.39, 0.29) is 5.97 Å². The van der Waals surface area contributed by atoms with Crippen molar-refractivity contribution >= 4 is 21.9 Å². The first kappa shape index (κ1) is 22.8. The third kappa shape index (κ3) is 4.96. The predicted octanol–water partition coefficient (Wildman–Crippen LogP) is 8.90. The summed E-state index contributed by atoms with van der Waals surface area (Å²) in [6.07, 6.45) is 0. The third-order valence-electron chi connectivity index (χ3n) is 6.06. The molecule has 0 radical (unpaired) electrons. The number of ether oxygens (including phenoxy) is 1. The van der Waals surface area contributed by atoms with Crippen LogP contribution in [0, 0.1) is 0 Å². The van der Waals surface area contributed by atoms with Crippen LogP contribution in [0.5, 0.6) is 0 Å². The number of esters is 1. The van der Waals surface area contributed by atoms with Crippen molar-refractivity contribution in [2.45, 2.75) is 0 Å². The second kappa shape index (κ2) is 10.1. The molecule has 5 aromatic carbocycles. The van der Waals surface area contributed by atoms with Gasteiger partial charge in [-0.25, -0.2) is 4.79 Å². The van der Waals surface area contributed by atoms with E-state index < -0.39 is 0 Å². The summed E-state index contributed by atoms with van der Waals surface area (Å²) in [4.78, 5) is 12.6. The summed E-state index contributed by atoms with van der Waals surface area (Å²) in [5, 5.41) is 0. The van der Waals surface area contributed by atoms with Gasteiger partial charge in [0.25, 0.3) is 0 Å². The van der Waals surface area contributed by atoms with Crippen LogP contribution in [0.15, 0.2) is 126 Å². The Bertz CT molecular complexity index is 1470. The van der Waals surface area contributed by atoms with Gasteiger partial charge in [-0.15, -0.1) is 0 Å². The summed E-state index contributed by atoms with van der Waals surface area (Å²) in [7, 11) is 1.41. The van der Waals surface area contributed by atoms with Gasteiger partial charge in [0, 0.05) is 4.47 Å². The maximum absolute atomic E-state index is 12.6. The van der Waals surface area contributed by atoms with Gasteiger partial charge in [0.05, 0.1) is 12.7 Å². The van der Waals surface area contributed by atoms with Crippen LogP contribution in [0.3, 0.4) is 0 Å². The first-order valence-electron chi connectivity index (χ1n) is 11.4. The van der Waals surface area contributed by atoms with Crippen molar-refractivity contribution in [1.82, 2.24) is 0 Å². The summed E-state index contributed by atoms with van der Waals surface area (Å²) in [5.41, 5.74) is 9.08. The summed E-state index contributed by atoms with van der Waals surface area (Å²) >= 11 is 3.49. The number of carbonyl (C=O) groups is 1. The number of methoxy groups -OCH3 is 1. The molecule has 0 aromatic heterocycles. The molecule has 170 valence electrons. The lowest BCUT2D eigenvalue weighted by Crippen LogP contribution is -2.03. The van der Waals surface area contributed by atoms with E-state index in [1.165, 1.54) is 18.2 Å². The predicted molar refractivity (Wildman–Crippen MR) is 147 cm³/mol. The number of halogens is 1. The highest BCUT2D eigenvalue weighted by atomic mass is 79.9. The molecule has 0 aliphatic heterocycles. The Morgan fingerprint density at radius 2 is 1.00 bits per heavy atom. The van der Waals surface area contributed by atoms with Gasteiger partial charge in [-0.2, -0.15) is 0 Å². The van der Waals surface area contributed by atoms with Gasteiger partial charge in [-0.05, 0) is 74.8 Å². The van der Waals surface area contributed by atoms with Crippen LogP contribution in [0.1, 0.15) is 10.4 Å². The van der Waals surface area contributed by atoms with E-state index in [1.54, 1.807) is 0 Å². The lowest BCUT2D eigenvalue weighted by molar-refractivity contribution is 0.0601. The van der Waals surface area contributed by atoms with E-state index in [2.05, 4.69) is 94.8 Å². The molecule has 0 heterocycles. The second-order valence-corrected chi connectivity index (χ2v) is 9.21. The maximum Gasteiger partial charge on any atom is 0.338 e. The van der Waals surface area contributed by atoms with Crippen molar-refractivity contribution in [3.05, 3.63) is 131 Å². The molecular weight excluding hydrogens is 496 g/mol. The normalized spacial score (nSPS) is 10.7. The summed E-state index contributed by atoms with van der Waals surface area (Å²) in [5.74, 6) is -0.361. The minimum absolute atomic E-state index is 0.361. The van der Waals surface area contributed by atoms with E-state index in [0.717, 1.165) is 37.9 Å². The van der Waals surface area contributed by atoms with Gasteiger partial charge >= 0.3 is 5.97 Å². The molecule has 0 saturated carbocycles. The first-order chi connectivity index (χ1) is 17.1. The van der Waals surface area contributed by atoms with Gasteiger partial charge in [0.1, 0.15) is 0 Å². The van der Waals surface area contributed by atoms with Crippen LogP contribution in [0.4, 0.5) is 0 Å². The topological polar surface area (TPSA) is 26.3 Å². The Morgan fingerprint density at radius 1 is 0.543 bits per heavy atom. The molecule has 0 fully saturated rings. The van der Waals surface area contributed by atoms with Crippen molar-refractivity contribution in [3.8, 4) is 44.5 Å². The number of rotatable bonds is 5. The minimum atomic E-state index is -0.361. The molecule has 0 amide bonds. The Balaban J connectivity index is 1.66. The fourth-order valence-corrected chi connectivity index (χ4v) is 4.64. The zero-order chi connectivity index (χ0) is 24.2. The summed E-state index contributed by atoms with van der Waals surface area (Å²) in [6.45, 7) is 0. The molecule has 0 bridgehead atoms. The lowest BCUT2D eigenvalue weighted by Gasteiger charge is -2.14. The Morgan fingerprint density at radius 3 is 1.54 bits per heavy atom. The van der Waals surface area contributed by atoms with Crippen LogP contribution in [0.2, 0.25) is 0 Å². The molecule has 0 N–H and O–H groups in total. The molecule has 5 aromatic rings. The molecule has 0 spiro atoms. The molecular formula is C32H23BrO2. The van der Waals surface area contributed by atoms with E-state index in [0.29, 0.717) is 5.56 Å². The van der Waals surface area contributed by atoms with Gasteiger partial charge in [0.2, 0.25) is 0 Å². The zero-order valence-corrected chi connectivity index (χ0v) is 20.8. The molecule has 0 aliphatic rings. The monoisotopic (exact) mass is 518 g/mol. The maximum atomic E-state index is 12.6. The van der Waals surface area contributed by atoms with E-state index in [4.69, 9.17) is 4.74 Å².